The first-order valence-corrected chi connectivity index (χ1v) is 4.96. The van der Waals surface area contributed by atoms with Crippen molar-refractivity contribution in [2.24, 2.45) is 11.7 Å². The number of alkyl halides is 1. The predicted molar refractivity (Wildman–Crippen MR) is 49.7 cm³/mol. The molecule has 1 nitrogen and oxygen atoms in total. The van der Waals surface area contributed by atoms with Gasteiger partial charge in [-0.05, 0) is 32.6 Å². The van der Waals surface area contributed by atoms with Crippen LogP contribution in [0.4, 0.5) is 4.39 Å². The monoisotopic (exact) mass is 173 g/mol. The molecule has 0 aliphatic heterocycles. The molecule has 1 fully saturated rings. The molecule has 1 unspecified atom stereocenters. The quantitative estimate of drug-likeness (QED) is 0.682. The molecular formula is C10H20FN. The molecule has 1 aliphatic carbocycles. The van der Waals surface area contributed by atoms with Crippen LogP contribution in [0.15, 0.2) is 0 Å². The molecule has 0 spiro atoms. The lowest BCUT2D eigenvalue weighted by Gasteiger charge is -2.33. The number of halogens is 1. The Morgan fingerprint density at radius 2 is 1.75 bits per heavy atom. The fourth-order valence-electron chi connectivity index (χ4n) is 2.05. The Morgan fingerprint density at radius 1 is 1.25 bits per heavy atom. The number of nitrogens with two attached hydrogens (primary N) is 1. The summed E-state index contributed by atoms with van der Waals surface area (Å²) < 4.78 is 13.4. The molecule has 0 heterocycles. The van der Waals surface area contributed by atoms with E-state index in [-0.39, 0.29) is 6.04 Å². The van der Waals surface area contributed by atoms with Gasteiger partial charge in [-0.15, -0.1) is 0 Å². The molecule has 1 aliphatic rings. The van der Waals surface area contributed by atoms with Crippen LogP contribution < -0.4 is 5.73 Å². The van der Waals surface area contributed by atoms with Gasteiger partial charge in [0.05, 0.1) is 0 Å². The summed E-state index contributed by atoms with van der Waals surface area (Å²) in [6.07, 6.45) is 6.00. The molecule has 0 saturated heterocycles. The predicted octanol–water partition coefficient (Wildman–Crippen LogP) is 2.64. The van der Waals surface area contributed by atoms with E-state index in [1.165, 1.54) is 19.3 Å². The smallest absolute Gasteiger partial charge is 0.120 e. The van der Waals surface area contributed by atoms with Crippen LogP contribution in [-0.2, 0) is 0 Å². The molecule has 1 saturated carbocycles. The lowest BCUT2D eigenvalue weighted by atomic mass is 9.79. The van der Waals surface area contributed by atoms with Crippen LogP contribution in [0.2, 0.25) is 0 Å². The zero-order valence-corrected chi connectivity index (χ0v) is 8.15. The average Bonchev–Trinajstić information content (AvgIpc) is 2.03. The van der Waals surface area contributed by atoms with Crippen molar-refractivity contribution in [2.75, 3.05) is 0 Å². The van der Waals surface area contributed by atoms with Crippen LogP contribution in [0.25, 0.3) is 0 Å². The maximum Gasteiger partial charge on any atom is 0.120 e. The molecule has 0 aromatic rings. The van der Waals surface area contributed by atoms with E-state index in [2.05, 4.69) is 0 Å². The number of rotatable bonds is 2. The van der Waals surface area contributed by atoms with Crippen LogP contribution in [0.1, 0.15) is 46.0 Å². The molecule has 0 bridgehead atoms. The van der Waals surface area contributed by atoms with E-state index in [9.17, 15) is 4.39 Å². The molecule has 2 N–H and O–H groups in total. The third-order valence-electron chi connectivity index (χ3n) is 2.95. The van der Waals surface area contributed by atoms with E-state index in [1.807, 2.05) is 0 Å². The van der Waals surface area contributed by atoms with Gasteiger partial charge in [0.25, 0.3) is 0 Å². The second kappa shape index (κ2) is 3.73. The largest absolute Gasteiger partial charge is 0.325 e. The van der Waals surface area contributed by atoms with Crippen LogP contribution in [-0.4, -0.2) is 11.7 Å². The second-order valence-electron chi connectivity index (χ2n) is 4.49. The minimum Gasteiger partial charge on any atom is -0.325 e. The second-order valence-corrected chi connectivity index (χ2v) is 4.49. The van der Waals surface area contributed by atoms with Crippen molar-refractivity contribution in [3.63, 3.8) is 0 Å². The van der Waals surface area contributed by atoms with Crippen LogP contribution >= 0.6 is 0 Å². The van der Waals surface area contributed by atoms with Crippen molar-refractivity contribution in [3.8, 4) is 0 Å². The third-order valence-corrected chi connectivity index (χ3v) is 2.95. The van der Waals surface area contributed by atoms with Gasteiger partial charge < -0.3 is 5.73 Å². The highest BCUT2D eigenvalue weighted by Gasteiger charge is 2.32. The Balaban J connectivity index is 2.45. The van der Waals surface area contributed by atoms with E-state index in [1.54, 1.807) is 13.8 Å². The lowest BCUT2D eigenvalue weighted by Crippen LogP contribution is -2.46. The third kappa shape index (κ3) is 2.44. The van der Waals surface area contributed by atoms with Gasteiger partial charge in [0.2, 0.25) is 0 Å². The van der Waals surface area contributed by atoms with Gasteiger partial charge in [0, 0.05) is 6.04 Å². The van der Waals surface area contributed by atoms with Gasteiger partial charge in [-0.25, -0.2) is 4.39 Å². The van der Waals surface area contributed by atoms with E-state index < -0.39 is 5.67 Å². The Hall–Kier alpha value is -0.110. The van der Waals surface area contributed by atoms with Gasteiger partial charge in [0.15, 0.2) is 0 Å². The van der Waals surface area contributed by atoms with E-state index in [0.29, 0.717) is 5.92 Å². The standard InChI is InChI=1S/C10H20FN/c1-10(2,11)9(12)8-6-4-3-5-7-8/h8-9H,3-7,12H2,1-2H3. The molecule has 0 aromatic heterocycles. The highest BCUT2D eigenvalue weighted by atomic mass is 19.1. The molecule has 2 heteroatoms. The first-order chi connectivity index (χ1) is 5.52. The first-order valence-electron chi connectivity index (χ1n) is 4.96. The maximum absolute atomic E-state index is 13.4. The van der Waals surface area contributed by atoms with E-state index in [4.69, 9.17) is 5.73 Å². The summed E-state index contributed by atoms with van der Waals surface area (Å²) >= 11 is 0. The number of hydrogen-bond acceptors (Lipinski definition) is 1. The normalized spacial score (nSPS) is 24.0. The molecule has 1 rings (SSSR count). The van der Waals surface area contributed by atoms with E-state index in [0.717, 1.165) is 12.8 Å². The summed E-state index contributed by atoms with van der Waals surface area (Å²) in [5, 5.41) is 0. The van der Waals surface area contributed by atoms with Crippen molar-refractivity contribution in [2.45, 2.75) is 57.7 Å². The topological polar surface area (TPSA) is 26.0 Å². The first kappa shape index (κ1) is 9.97. The van der Waals surface area contributed by atoms with Crippen molar-refractivity contribution in [1.29, 1.82) is 0 Å². The summed E-state index contributed by atoms with van der Waals surface area (Å²) in [4.78, 5) is 0. The maximum atomic E-state index is 13.4. The van der Waals surface area contributed by atoms with Crippen LogP contribution in [0.3, 0.4) is 0 Å². The molecule has 72 valence electrons. The molecular weight excluding hydrogens is 153 g/mol. The minimum atomic E-state index is -1.21. The highest BCUT2D eigenvalue weighted by molar-refractivity contribution is 4.88. The molecule has 12 heavy (non-hydrogen) atoms. The molecule has 0 aromatic carbocycles. The average molecular weight is 173 g/mol. The van der Waals surface area contributed by atoms with Gasteiger partial charge in [-0.1, -0.05) is 19.3 Å². The SMILES string of the molecule is CC(C)(F)C(N)C1CCCCC1. The van der Waals surface area contributed by atoms with Crippen molar-refractivity contribution in [1.82, 2.24) is 0 Å². The summed E-state index contributed by atoms with van der Waals surface area (Å²) in [6.45, 7) is 3.18. The Labute approximate surface area is 74.5 Å². The summed E-state index contributed by atoms with van der Waals surface area (Å²) in [6, 6.07) is -0.266. The van der Waals surface area contributed by atoms with Gasteiger partial charge in [-0.3, -0.25) is 0 Å². The molecule has 0 radical (unpaired) electrons. The van der Waals surface area contributed by atoms with Crippen molar-refractivity contribution in [3.05, 3.63) is 0 Å². The van der Waals surface area contributed by atoms with E-state index >= 15 is 0 Å². The summed E-state index contributed by atoms with van der Waals surface area (Å²) in [7, 11) is 0. The Bertz CT molecular complexity index is 133. The summed E-state index contributed by atoms with van der Waals surface area (Å²) in [5.74, 6) is 0.416. The molecule has 0 amide bonds. The summed E-state index contributed by atoms with van der Waals surface area (Å²) in [5.41, 5.74) is 4.64. The van der Waals surface area contributed by atoms with Crippen molar-refractivity contribution >= 4 is 0 Å². The van der Waals surface area contributed by atoms with Gasteiger partial charge >= 0.3 is 0 Å². The molecule has 1 atom stereocenters. The Morgan fingerprint density at radius 3 is 2.17 bits per heavy atom. The fraction of sp³-hybridized carbons (Fsp3) is 1.00. The zero-order chi connectivity index (χ0) is 9.19. The van der Waals surface area contributed by atoms with Crippen molar-refractivity contribution < 1.29 is 4.39 Å². The van der Waals surface area contributed by atoms with Gasteiger partial charge in [-0.2, -0.15) is 0 Å². The highest BCUT2D eigenvalue weighted by Crippen LogP contribution is 2.31. The Kier molecular flexibility index (Phi) is 3.10. The van der Waals surface area contributed by atoms with Crippen LogP contribution in [0.5, 0.6) is 0 Å². The number of hydrogen-bond donors (Lipinski definition) is 1. The lowest BCUT2D eigenvalue weighted by molar-refractivity contribution is 0.116. The fourth-order valence-corrected chi connectivity index (χ4v) is 2.05. The minimum absolute atomic E-state index is 0.266. The van der Waals surface area contributed by atoms with Crippen LogP contribution in [0, 0.1) is 5.92 Å². The zero-order valence-electron chi connectivity index (χ0n) is 8.15. The van der Waals surface area contributed by atoms with Gasteiger partial charge in [0.1, 0.15) is 5.67 Å².